The number of carbonyl (C=O) groups excluding carboxylic acids is 6. The molecule has 13 atom stereocenters. The molecule has 2 saturated heterocycles. The van der Waals surface area contributed by atoms with Crippen molar-refractivity contribution in [3.63, 3.8) is 0 Å². The Morgan fingerprint density at radius 2 is 1.19 bits per heavy atom. The Labute approximate surface area is 394 Å². The van der Waals surface area contributed by atoms with E-state index in [1.807, 2.05) is 20.8 Å². The molecule has 68 heavy (non-hydrogen) atoms. The summed E-state index contributed by atoms with van der Waals surface area (Å²) in [6.07, 6.45) is -13.2. The highest BCUT2D eigenvalue weighted by Gasteiger charge is 2.47. The summed E-state index contributed by atoms with van der Waals surface area (Å²) >= 11 is 0. The molecular formula is C40H73N6O21P. The standard InChI is InChI=1S/C40H73N6O21P/c1-21(49)44-29-33(55)31(53)25(16-47)64-36(29)61-19-27(51)41-12-10-9-11-24(46-28(52)20-62-37-30(45-22(2)50)34(56)32(54)26(17-48)65-37)35(57)42-13-14-43-38(58)63-18-23(15-39(3,4)5)66-68(59,60)67-40(6,7)8/h23-26,29-34,36-37,47-48,53-56H,9-20H2,1-8H3,(H,41,51)(H,42,57)(H,43,58)(H,44,49)(H,45,50)(H,46,52)(H,59,60)/t23-,24+,25-,26-,29-,30-,31+,32+,33-,34-,36-,37-/m1/s1. The fraction of sp³-hybridized carbons (Fsp3) is 0.850. The molecule has 2 fully saturated rings. The van der Waals surface area contributed by atoms with Crippen molar-refractivity contribution in [2.45, 2.75) is 160 Å². The summed E-state index contributed by atoms with van der Waals surface area (Å²) < 4.78 is 50.2. The average molecular weight is 1010 g/mol. The second kappa shape index (κ2) is 28.2. The van der Waals surface area contributed by atoms with Gasteiger partial charge in [-0.15, -0.1) is 0 Å². The molecule has 2 heterocycles. The molecule has 0 saturated carbocycles. The lowest BCUT2D eigenvalue weighted by molar-refractivity contribution is -0.268. The van der Waals surface area contributed by atoms with Gasteiger partial charge in [-0.2, -0.15) is 0 Å². The number of aliphatic hydroxyl groups is 6. The number of aliphatic hydroxyl groups excluding tert-OH is 6. The van der Waals surface area contributed by atoms with E-state index in [-0.39, 0.29) is 45.3 Å². The summed E-state index contributed by atoms with van der Waals surface area (Å²) in [7, 11) is -4.54. The minimum atomic E-state index is -4.54. The van der Waals surface area contributed by atoms with Crippen molar-refractivity contribution in [1.29, 1.82) is 0 Å². The van der Waals surface area contributed by atoms with Crippen LogP contribution in [0.1, 0.15) is 81.1 Å². The second-order valence-corrected chi connectivity index (χ2v) is 19.8. The van der Waals surface area contributed by atoms with Crippen molar-refractivity contribution in [3.8, 4) is 0 Å². The third-order valence-corrected chi connectivity index (χ3v) is 11.1. The van der Waals surface area contributed by atoms with Crippen LogP contribution in [-0.2, 0) is 61.3 Å². The second-order valence-electron chi connectivity index (χ2n) is 18.4. The molecule has 0 aliphatic carbocycles. The highest BCUT2D eigenvalue weighted by molar-refractivity contribution is 7.47. The number of phosphoric acid groups is 1. The topological polar surface area (TPSA) is 398 Å². The molecule has 0 radical (unpaired) electrons. The zero-order chi connectivity index (χ0) is 51.6. The predicted octanol–water partition coefficient (Wildman–Crippen LogP) is -3.74. The van der Waals surface area contributed by atoms with Crippen molar-refractivity contribution in [2.75, 3.05) is 52.7 Å². The Morgan fingerprint density at radius 1 is 0.691 bits per heavy atom. The molecule has 0 aromatic heterocycles. The summed E-state index contributed by atoms with van der Waals surface area (Å²) in [6.45, 7) is 9.03. The molecular weight excluding hydrogens is 931 g/mol. The van der Waals surface area contributed by atoms with E-state index in [0.29, 0.717) is 0 Å². The zero-order valence-corrected chi connectivity index (χ0v) is 40.6. The molecule has 2 aliphatic heterocycles. The quantitative estimate of drug-likeness (QED) is 0.0292. The third kappa shape index (κ3) is 22.4. The number of hydrogen-bond donors (Lipinski definition) is 13. The van der Waals surface area contributed by atoms with E-state index in [0.717, 1.165) is 13.8 Å². The first-order valence-corrected chi connectivity index (χ1v) is 23.5. The Hall–Kier alpha value is -3.67. The largest absolute Gasteiger partial charge is 0.473 e. The number of ether oxygens (including phenoxy) is 5. The number of nitrogens with one attached hydrogen (secondary N) is 6. The van der Waals surface area contributed by atoms with Gasteiger partial charge in [0.1, 0.15) is 80.7 Å². The maximum atomic E-state index is 13.4. The minimum Gasteiger partial charge on any atom is -0.447 e. The first-order chi connectivity index (χ1) is 31.6. The van der Waals surface area contributed by atoms with Crippen molar-refractivity contribution in [3.05, 3.63) is 0 Å². The van der Waals surface area contributed by atoms with Crippen LogP contribution >= 0.6 is 7.82 Å². The van der Waals surface area contributed by atoms with Gasteiger partial charge in [-0.05, 0) is 51.9 Å². The number of unbranched alkanes of at least 4 members (excludes halogenated alkanes) is 1. The van der Waals surface area contributed by atoms with Crippen molar-refractivity contribution >= 4 is 43.5 Å². The molecule has 0 aromatic rings. The van der Waals surface area contributed by atoms with Crippen LogP contribution in [0.25, 0.3) is 0 Å². The van der Waals surface area contributed by atoms with E-state index in [1.54, 1.807) is 20.8 Å². The van der Waals surface area contributed by atoms with Gasteiger partial charge in [-0.25, -0.2) is 9.36 Å². The van der Waals surface area contributed by atoms with E-state index < -0.39 is 161 Å². The Morgan fingerprint density at radius 3 is 1.66 bits per heavy atom. The van der Waals surface area contributed by atoms with Crippen LogP contribution in [0.2, 0.25) is 0 Å². The molecule has 2 rings (SSSR count). The lowest BCUT2D eigenvalue weighted by atomic mass is 9.89. The fourth-order valence-corrected chi connectivity index (χ4v) is 8.10. The van der Waals surface area contributed by atoms with Crippen LogP contribution < -0.4 is 31.9 Å². The van der Waals surface area contributed by atoms with E-state index in [4.69, 9.17) is 32.7 Å². The Kier molecular flexibility index (Phi) is 25.1. The van der Waals surface area contributed by atoms with E-state index in [1.165, 1.54) is 0 Å². The van der Waals surface area contributed by atoms with Crippen molar-refractivity contribution in [1.82, 2.24) is 31.9 Å². The molecule has 0 aromatic carbocycles. The van der Waals surface area contributed by atoms with Crippen LogP contribution in [0.15, 0.2) is 0 Å². The molecule has 28 heteroatoms. The lowest BCUT2D eigenvalue weighted by Crippen LogP contribution is -2.64. The number of hydrogen-bond acceptors (Lipinski definition) is 20. The normalized spacial score (nSPS) is 27.1. The minimum absolute atomic E-state index is 0.00870. The molecule has 1 unspecified atom stereocenters. The number of amides is 6. The van der Waals surface area contributed by atoms with Gasteiger partial charge in [0.25, 0.3) is 0 Å². The van der Waals surface area contributed by atoms with Gasteiger partial charge in [0.15, 0.2) is 12.6 Å². The molecule has 13 N–H and O–H groups in total. The predicted molar refractivity (Wildman–Crippen MR) is 233 cm³/mol. The first-order valence-electron chi connectivity index (χ1n) is 22.0. The van der Waals surface area contributed by atoms with Gasteiger partial charge in [0.2, 0.25) is 29.5 Å². The summed E-state index contributed by atoms with van der Waals surface area (Å²) in [5.41, 5.74) is -1.41. The summed E-state index contributed by atoms with van der Waals surface area (Å²) in [5, 5.41) is 75.4. The molecule has 0 spiro atoms. The molecule has 27 nitrogen and oxygen atoms in total. The highest BCUT2D eigenvalue weighted by Crippen LogP contribution is 2.49. The van der Waals surface area contributed by atoms with Gasteiger partial charge in [-0.1, -0.05) is 20.8 Å². The van der Waals surface area contributed by atoms with Crippen LogP contribution in [-0.4, -0.2) is 203 Å². The average Bonchev–Trinajstić information content (AvgIpc) is 3.21. The molecule has 0 bridgehead atoms. The van der Waals surface area contributed by atoms with Crippen LogP contribution in [0.4, 0.5) is 4.79 Å². The van der Waals surface area contributed by atoms with Crippen LogP contribution in [0.5, 0.6) is 0 Å². The van der Waals surface area contributed by atoms with Gasteiger partial charge in [0.05, 0.1) is 18.8 Å². The maximum Gasteiger partial charge on any atom is 0.473 e. The van der Waals surface area contributed by atoms with Gasteiger partial charge in [-0.3, -0.25) is 33.0 Å². The number of alkyl carbamates (subject to hydrolysis) is 1. The van der Waals surface area contributed by atoms with Crippen LogP contribution in [0.3, 0.4) is 0 Å². The van der Waals surface area contributed by atoms with E-state index in [2.05, 4.69) is 31.9 Å². The summed E-state index contributed by atoms with van der Waals surface area (Å²) in [4.78, 5) is 85.5. The van der Waals surface area contributed by atoms with Crippen molar-refractivity contribution in [2.24, 2.45) is 5.41 Å². The molecule has 394 valence electrons. The first kappa shape index (κ1) is 60.5. The number of carbonyl (C=O) groups is 6. The van der Waals surface area contributed by atoms with Crippen LogP contribution in [0, 0.1) is 5.41 Å². The van der Waals surface area contributed by atoms with E-state index >= 15 is 0 Å². The summed E-state index contributed by atoms with van der Waals surface area (Å²) in [6, 6.07) is -3.85. The molecule has 2 aliphatic rings. The maximum absolute atomic E-state index is 13.4. The van der Waals surface area contributed by atoms with Gasteiger partial charge in [0, 0.05) is 33.5 Å². The van der Waals surface area contributed by atoms with Gasteiger partial charge < -0.3 is 91.1 Å². The number of phosphoric ester groups is 1. The van der Waals surface area contributed by atoms with E-state index in [9.17, 15) is 68.9 Å². The lowest BCUT2D eigenvalue weighted by Gasteiger charge is -2.42. The smallest absolute Gasteiger partial charge is 0.447 e. The third-order valence-electron chi connectivity index (χ3n) is 9.76. The van der Waals surface area contributed by atoms with Crippen molar-refractivity contribution < 1.29 is 102 Å². The highest BCUT2D eigenvalue weighted by atomic mass is 31.2. The number of rotatable bonds is 26. The Balaban J connectivity index is 2.03. The fourth-order valence-electron chi connectivity index (χ4n) is 6.86. The SMILES string of the molecule is CC(=O)N[C@H]1[C@H](OCC(=O)NCCCC[C@H](NC(=O)CO[C@@H]2O[C@H](CO)[C@H](O)[C@H](O)[C@H]2NC(C)=O)C(=O)NCCNC(=O)OC[C@@H](CC(C)(C)C)OP(=O)(O)OC(C)(C)C)O[C@H](CO)[C@H](O)[C@@H]1O. The zero-order valence-electron chi connectivity index (χ0n) is 39.7. The summed E-state index contributed by atoms with van der Waals surface area (Å²) in [5.74, 6) is -3.43. The van der Waals surface area contributed by atoms with Gasteiger partial charge >= 0.3 is 13.9 Å². The monoisotopic (exact) mass is 1000 g/mol. The molecule has 6 amide bonds. The Bertz CT molecular complexity index is 1690.